The van der Waals surface area contributed by atoms with Crippen LogP contribution in [0.2, 0.25) is 0 Å². The van der Waals surface area contributed by atoms with Gasteiger partial charge in [0, 0.05) is 28.7 Å². The van der Waals surface area contributed by atoms with Crippen LogP contribution in [0.4, 0.5) is 5.69 Å². The molecule has 150 valence electrons. The largest absolute Gasteiger partial charge is 0.317 e. The Kier molecular flexibility index (Phi) is 4.13. The highest BCUT2D eigenvalue weighted by Gasteiger charge is 2.52. The number of nitrogens with zero attached hydrogens (tertiary/aromatic N) is 3. The van der Waals surface area contributed by atoms with E-state index in [9.17, 15) is 13.2 Å². The Morgan fingerprint density at radius 1 is 1.17 bits per heavy atom. The minimum Gasteiger partial charge on any atom is -0.317 e. The molecule has 0 atom stereocenters. The second-order valence-electron chi connectivity index (χ2n) is 7.50. The van der Waals surface area contributed by atoms with E-state index < -0.39 is 15.4 Å². The summed E-state index contributed by atoms with van der Waals surface area (Å²) in [5, 5.41) is 4.01. The van der Waals surface area contributed by atoms with Crippen LogP contribution in [0.15, 0.2) is 52.1 Å². The summed E-state index contributed by atoms with van der Waals surface area (Å²) < 4.78 is 28.4. The molecule has 0 saturated carbocycles. The molecular formula is C20H19BrN4O3S. The number of carbonyl (C=O) groups is 1. The zero-order valence-corrected chi connectivity index (χ0v) is 18.1. The molecular weight excluding hydrogens is 456 g/mol. The molecule has 1 fully saturated rings. The fourth-order valence-electron chi connectivity index (χ4n) is 4.60. The molecule has 29 heavy (non-hydrogen) atoms. The normalized spacial score (nSPS) is 18.6. The molecule has 2 aliphatic rings. The number of piperidine rings is 1. The van der Waals surface area contributed by atoms with Gasteiger partial charge in [-0.2, -0.15) is 0 Å². The highest BCUT2D eigenvalue weighted by molar-refractivity contribution is 9.10. The van der Waals surface area contributed by atoms with Crippen LogP contribution in [0.1, 0.15) is 18.4 Å². The molecule has 0 bridgehead atoms. The van der Waals surface area contributed by atoms with Gasteiger partial charge >= 0.3 is 0 Å². The first kappa shape index (κ1) is 18.8. The van der Waals surface area contributed by atoms with Gasteiger partial charge in [0.25, 0.3) is 10.0 Å². The van der Waals surface area contributed by atoms with E-state index in [0.29, 0.717) is 28.3 Å². The zero-order valence-electron chi connectivity index (χ0n) is 15.7. The van der Waals surface area contributed by atoms with Crippen molar-refractivity contribution in [2.24, 2.45) is 0 Å². The van der Waals surface area contributed by atoms with Crippen LogP contribution >= 0.6 is 15.9 Å². The monoisotopic (exact) mass is 474 g/mol. The second-order valence-corrected chi connectivity index (χ2v) is 10.2. The molecule has 0 aliphatic carbocycles. The molecule has 1 amide bonds. The lowest BCUT2D eigenvalue weighted by atomic mass is 9.73. The number of amides is 1. The lowest BCUT2D eigenvalue weighted by molar-refractivity contribution is -0.123. The number of carbonyl (C=O) groups excluding carboxylic acids is 1. The van der Waals surface area contributed by atoms with Crippen molar-refractivity contribution in [1.82, 2.24) is 14.3 Å². The van der Waals surface area contributed by atoms with E-state index in [1.165, 1.54) is 10.2 Å². The summed E-state index contributed by atoms with van der Waals surface area (Å²) in [6, 6.07) is 8.28. The quantitative estimate of drug-likeness (QED) is 0.616. The fourth-order valence-corrected chi connectivity index (χ4v) is 6.65. The maximum Gasteiger partial charge on any atom is 0.269 e. The maximum absolute atomic E-state index is 13.3. The summed E-state index contributed by atoms with van der Waals surface area (Å²) in [4.78, 5) is 19.6. The maximum atomic E-state index is 13.3. The number of pyridine rings is 1. The third kappa shape index (κ3) is 2.47. The summed E-state index contributed by atoms with van der Waals surface area (Å²) in [5.74, 6) is 0.0499. The van der Waals surface area contributed by atoms with Crippen LogP contribution in [0.25, 0.3) is 11.0 Å². The van der Waals surface area contributed by atoms with Gasteiger partial charge in [0.2, 0.25) is 5.91 Å². The van der Waals surface area contributed by atoms with E-state index >= 15 is 0 Å². The van der Waals surface area contributed by atoms with Gasteiger partial charge in [-0.1, -0.05) is 18.2 Å². The minimum absolute atomic E-state index is 0.0499. The van der Waals surface area contributed by atoms with Crippen LogP contribution in [0.5, 0.6) is 0 Å². The number of fused-ring (bicyclic) bond motifs is 4. The Balaban J connectivity index is 1.81. The predicted octanol–water partition coefficient (Wildman–Crippen LogP) is 2.63. The molecule has 1 aromatic carbocycles. The number of anilines is 1. The van der Waals surface area contributed by atoms with E-state index in [2.05, 4.69) is 26.2 Å². The van der Waals surface area contributed by atoms with E-state index in [0.717, 1.165) is 24.3 Å². The number of hydrogen-bond acceptors (Lipinski definition) is 5. The number of halogens is 1. The number of aromatic nitrogens is 2. The van der Waals surface area contributed by atoms with Crippen molar-refractivity contribution in [2.75, 3.05) is 25.0 Å². The standard InChI is InChI=1S/C20H19BrN4O3S/c1-24-15-11-23-18-16(17(15)20(19(24)26)7-9-22-10-8-20)14(21)12-25(18)29(27,28)13-5-3-2-4-6-13/h2-6,11-12,22H,7-10H2,1H3. The molecule has 2 aliphatic heterocycles. The highest BCUT2D eigenvalue weighted by Crippen LogP contribution is 2.51. The minimum atomic E-state index is -3.82. The Labute approximate surface area is 176 Å². The van der Waals surface area contributed by atoms with Crippen molar-refractivity contribution in [2.45, 2.75) is 23.2 Å². The molecule has 1 saturated heterocycles. The summed E-state index contributed by atoms with van der Waals surface area (Å²) in [6.45, 7) is 1.48. The van der Waals surface area contributed by atoms with E-state index in [1.54, 1.807) is 48.5 Å². The molecule has 0 unspecified atom stereocenters. The second kappa shape index (κ2) is 6.38. The van der Waals surface area contributed by atoms with Crippen LogP contribution < -0.4 is 10.2 Å². The third-order valence-corrected chi connectivity index (χ3v) is 8.29. The number of benzene rings is 1. The summed E-state index contributed by atoms with van der Waals surface area (Å²) in [5.41, 5.74) is 1.31. The lowest BCUT2D eigenvalue weighted by Crippen LogP contribution is -2.46. The molecule has 2 aromatic heterocycles. The number of likely N-dealkylation sites (N-methyl/N-ethyl adjacent to an activating group) is 1. The first-order valence-corrected chi connectivity index (χ1v) is 11.6. The molecule has 7 nitrogen and oxygen atoms in total. The number of nitrogens with one attached hydrogen (secondary N) is 1. The highest BCUT2D eigenvalue weighted by atomic mass is 79.9. The summed E-state index contributed by atoms with van der Waals surface area (Å²) in [7, 11) is -2.06. The smallest absolute Gasteiger partial charge is 0.269 e. The summed E-state index contributed by atoms with van der Waals surface area (Å²) in [6.07, 6.45) is 4.50. The average Bonchev–Trinajstić information content (AvgIpc) is 3.19. The molecule has 1 N–H and O–H groups in total. The van der Waals surface area contributed by atoms with E-state index in [-0.39, 0.29) is 10.8 Å². The topological polar surface area (TPSA) is 84.3 Å². The van der Waals surface area contributed by atoms with Crippen molar-refractivity contribution in [3.8, 4) is 0 Å². The van der Waals surface area contributed by atoms with E-state index in [1.807, 2.05) is 0 Å². The van der Waals surface area contributed by atoms with Crippen molar-refractivity contribution in [3.05, 3.63) is 52.8 Å². The molecule has 1 spiro atoms. The van der Waals surface area contributed by atoms with Gasteiger partial charge in [0.05, 0.1) is 22.2 Å². The number of hydrogen-bond donors (Lipinski definition) is 1. The number of rotatable bonds is 2. The van der Waals surface area contributed by atoms with Crippen LogP contribution in [0, 0.1) is 0 Å². The van der Waals surface area contributed by atoms with Gasteiger partial charge in [-0.3, -0.25) is 4.79 Å². The van der Waals surface area contributed by atoms with Gasteiger partial charge in [0.15, 0.2) is 5.65 Å². The first-order valence-electron chi connectivity index (χ1n) is 9.37. The Morgan fingerprint density at radius 2 is 1.86 bits per heavy atom. The van der Waals surface area contributed by atoms with E-state index in [4.69, 9.17) is 0 Å². The van der Waals surface area contributed by atoms with Gasteiger partial charge in [0.1, 0.15) is 0 Å². The summed E-state index contributed by atoms with van der Waals surface area (Å²) >= 11 is 3.56. The van der Waals surface area contributed by atoms with Crippen LogP contribution in [0.3, 0.4) is 0 Å². The van der Waals surface area contributed by atoms with Crippen molar-refractivity contribution in [1.29, 1.82) is 0 Å². The van der Waals surface area contributed by atoms with Crippen LogP contribution in [-0.4, -0.2) is 43.4 Å². The first-order chi connectivity index (χ1) is 13.9. The van der Waals surface area contributed by atoms with Crippen molar-refractivity contribution in [3.63, 3.8) is 0 Å². The Hall–Kier alpha value is -2.23. The Morgan fingerprint density at radius 3 is 2.55 bits per heavy atom. The average molecular weight is 475 g/mol. The molecule has 3 aromatic rings. The van der Waals surface area contributed by atoms with Gasteiger partial charge in [-0.05, 0) is 54.0 Å². The van der Waals surface area contributed by atoms with Crippen LogP contribution in [-0.2, 0) is 20.2 Å². The fraction of sp³-hybridized carbons (Fsp3) is 0.300. The van der Waals surface area contributed by atoms with Gasteiger partial charge in [-0.25, -0.2) is 17.4 Å². The third-order valence-electron chi connectivity index (χ3n) is 6.03. The molecule has 9 heteroatoms. The SMILES string of the molecule is CN1C(=O)C2(CCNCC2)c2c1cnc1c2c(Br)cn1S(=O)(=O)c1ccccc1. The molecule has 5 rings (SSSR count). The lowest BCUT2D eigenvalue weighted by Gasteiger charge is -2.33. The zero-order chi connectivity index (χ0) is 20.4. The molecule has 4 heterocycles. The van der Waals surface area contributed by atoms with Crippen molar-refractivity contribution < 1.29 is 13.2 Å². The molecule has 0 radical (unpaired) electrons. The predicted molar refractivity (Wildman–Crippen MR) is 114 cm³/mol. The van der Waals surface area contributed by atoms with Gasteiger partial charge < -0.3 is 10.2 Å². The van der Waals surface area contributed by atoms with Crippen molar-refractivity contribution >= 4 is 48.6 Å². The van der Waals surface area contributed by atoms with Gasteiger partial charge in [-0.15, -0.1) is 0 Å². The Bertz CT molecular complexity index is 1250.